The Hall–Kier alpha value is -2.32. The van der Waals surface area contributed by atoms with Crippen molar-refractivity contribution < 1.29 is 4.79 Å². The lowest BCUT2D eigenvalue weighted by molar-refractivity contribution is -0.113. The van der Waals surface area contributed by atoms with Crippen LogP contribution in [0.15, 0.2) is 47.6 Å². The molecule has 0 bridgehead atoms. The summed E-state index contributed by atoms with van der Waals surface area (Å²) in [6.45, 7) is 1.96. The molecule has 1 aliphatic heterocycles. The minimum Gasteiger partial charge on any atom is -0.309 e. The molecule has 1 aromatic carbocycles. The van der Waals surface area contributed by atoms with Gasteiger partial charge in [-0.1, -0.05) is 12.1 Å². The van der Waals surface area contributed by atoms with E-state index >= 15 is 0 Å². The molecule has 132 valence electrons. The number of rotatable bonds is 3. The number of anilines is 1. The Morgan fingerprint density at radius 3 is 2.65 bits per heavy atom. The summed E-state index contributed by atoms with van der Waals surface area (Å²) in [5, 5.41) is 7.62. The van der Waals surface area contributed by atoms with E-state index in [-0.39, 0.29) is 11.2 Å². The van der Waals surface area contributed by atoms with E-state index in [4.69, 9.17) is 0 Å². The van der Waals surface area contributed by atoms with Gasteiger partial charge in [-0.2, -0.15) is 9.78 Å². The molecule has 6 nitrogen and oxygen atoms in total. The monoisotopic (exact) mass is 383 g/mol. The highest BCUT2D eigenvalue weighted by molar-refractivity contribution is 8.00. The van der Waals surface area contributed by atoms with Crippen LogP contribution in [-0.4, -0.2) is 37.7 Å². The van der Waals surface area contributed by atoms with Gasteiger partial charge in [0, 0.05) is 22.9 Å². The number of amides is 1. The molecule has 1 atom stereocenters. The molecular formula is C18H17N5OS2. The molecule has 0 radical (unpaired) electrons. The quantitative estimate of drug-likeness (QED) is 0.698. The summed E-state index contributed by atoms with van der Waals surface area (Å²) in [7, 11) is 0. The highest BCUT2D eigenvalue weighted by Crippen LogP contribution is 2.43. The third-order valence-corrected chi connectivity index (χ3v) is 6.18. The Morgan fingerprint density at radius 1 is 1.23 bits per heavy atom. The van der Waals surface area contributed by atoms with E-state index in [1.165, 1.54) is 4.90 Å². The van der Waals surface area contributed by atoms with Crippen molar-refractivity contribution in [3.05, 3.63) is 59.5 Å². The highest BCUT2D eigenvalue weighted by Gasteiger charge is 2.31. The summed E-state index contributed by atoms with van der Waals surface area (Å²) < 4.78 is 1.62. The number of benzene rings is 1. The van der Waals surface area contributed by atoms with Crippen LogP contribution in [0.3, 0.4) is 0 Å². The van der Waals surface area contributed by atoms with E-state index < -0.39 is 0 Å². The Balaban J connectivity index is 1.85. The molecule has 26 heavy (non-hydrogen) atoms. The molecule has 1 N–H and O–H groups in total. The standard InChI is InChI=1S/C18H17N5OS2/c1-11-15-16(12-4-6-13(25-2)7-5-12)26-10-14(24)21-17(15)23(22-11)18-19-8-3-9-20-18/h3-9,16H,10H2,1-2H3,(H,21,24)/t16-/m0/s1. The van der Waals surface area contributed by atoms with Gasteiger partial charge in [-0.05, 0) is 36.9 Å². The smallest absolute Gasteiger partial charge is 0.252 e. The Morgan fingerprint density at radius 2 is 1.96 bits per heavy atom. The molecule has 1 aliphatic rings. The van der Waals surface area contributed by atoms with Gasteiger partial charge in [0.05, 0.1) is 16.7 Å². The van der Waals surface area contributed by atoms with Crippen LogP contribution in [0, 0.1) is 6.92 Å². The normalized spacial score (nSPS) is 16.7. The number of fused-ring (bicyclic) bond motifs is 1. The topological polar surface area (TPSA) is 72.7 Å². The first-order valence-corrected chi connectivity index (χ1v) is 10.4. The number of nitrogens with one attached hydrogen (secondary N) is 1. The number of hydrogen-bond acceptors (Lipinski definition) is 6. The van der Waals surface area contributed by atoms with Gasteiger partial charge in [0.15, 0.2) is 0 Å². The summed E-state index contributed by atoms with van der Waals surface area (Å²) >= 11 is 3.32. The van der Waals surface area contributed by atoms with E-state index in [2.05, 4.69) is 50.9 Å². The molecule has 0 unspecified atom stereocenters. The Kier molecular flexibility index (Phi) is 4.69. The van der Waals surface area contributed by atoms with E-state index in [1.54, 1.807) is 46.7 Å². The second kappa shape index (κ2) is 7.13. The number of carbonyl (C=O) groups is 1. The molecule has 0 aliphatic carbocycles. The van der Waals surface area contributed by atoms with Crippen LogP contribution in [0.4, 0.5) is 5.82 Å². The predicted octanol–water partition coefficient (Wildman–Crippen LogP) is 3.47. The van der Waals surface area contributed by atoms with Crippen molar-refractivity contribution >= 4 is 35.2 Å². The summed E-state index contributed by atoms with van der Waals surface area (Å²) in [5.41, 5.74) is 3.02. The summed E-state index contributed by atoms with van der Waals surface area (Å²) in [6, 6.07) is 10.2. The zero-order valence-corrected chi connectivity index (χ0v) is 16.0. The van der Waals surface area contributed by atoms with E-state index in [0.29, 0.717) is 17.5 Å². The fourth-order valence-corrected chi connectivity index (χ4v) is 4.57. The molecule has 1 amide bonds. The largest absolute Gasteiger partial charge is 0.309 e. The zero-order valence-electron chi connectivity index (χ0n) is 14.3. The zero-order chi connectivity index (χ0) is 18.1. The van der Waals surface area contributed by atoms with Gasteiger partial charge in [-0.15, -0.1) is 23.5 Å². The number of thioether (sulfide) groups is 2. The van der Waals surface area contributed by atoms with E-state index in [9.17, 15) is 4.79 Å². The molecule has 0 saturated heterocycles. The third kappa shape index (κ3) is 3.10. The molecule has 3 heterocycles. The van der Waals surface area contributed by atoms with Gasteiger partial charge in [0.1, 0.15) is 5.82 Å². The van der Waals surface area contributed by atoms with Crippen LogP contribution >= 0.6 is 23.5 Å². The van der Waals surface area contributed by atoms with Crippen molar-refractivity contribution in [1.82, 2.24) is 19.7 Å². The molecule has 0 spiro atoms. The second-order valence-electron chi connectivity index (χ2n) is 5.82. The number of carbonyl (C=O) groups excluding carboxylic acids is 1. The van der Waals surface area contributed by atoms with Crippen molar-refractivity contribution in [2.24, 2.45) is 0 Å². The fourth-order valence-electron chi connectivity index (χ4n) is 2.97. The maximum atomic E-state index is 12.3. The van der Waals surface area contributed by atoms with Crippen molar-refractivity contribution in [1.29, 1.82) is 0 Å². The van der Waals surface area contributed by atoms with Crippen LogP contribution in [0.5, 0.6) is 0 Å². The van der Waals surface area contributed by atoms with E-state index in [0.717, 1.165) is 16.8 Å². The Labute approximate surface area is 159 Å². The average molecular weight is 384 g/mol. The van der Waals surface area contributed by atoms with Gasteiger partial charge >= 0.3 is 0 Å². The summed E-state index contributed by atoms with van der Waals surface area (Å²) in [6.07, 6.45) is 5.39. The minimum atomic E-state index is -0.0448. The first-order valence-electron chi connectivity index (χ1n) is 8.09. The van der Waals surface area contributed by atoms with Crippen LogP contribution < -0.4 is 5.32 Å². The van der Waals surface area contributed by atoms with Gasteiger partial charge < -0.3 is 5.32 Å². The van der Waals surface area contributed by atoms with Gasteiger partial charge in [0.2, 0.25) is 5.91 Å². The van der Waals surface area contributed by atoms with Crippen molar-refractivity contribution in [3.8, 4) is 5.95 Å². The van der Waals surface area contributed by atoms with Gasteiger partial charge in [-0.25, -0.2) is 9.97 Å². The summed E-state index contributed by atoms with van der Waals surface area (Å²) in [5.74, 6) is 1.44. The van der Waals surface area contributed by atoms with Crippen molar-refractivity contribution in [2.45, 2.75) is 17.1 Å². The third-order valence-electron chi connectivity index (χ3n) is 4.17. The number of nitrogens with zero attached hydrogens (tertiary/aromatic N) is 4. The van der Waals surface area contributed by atoms with E-state index in [1.807, 2.05) is 6.92 Å². The van der Waals surface area contributed by atoms with Gasteiger partial charge in [0.25, 0.3) is 5.95 Å². The van der Waals surface area contributed by atoms with Crippen molar-refractivity contribution in [2.75, 3.05) is 17.3 Å². The SMILES string of the molecule is CSc1ccc([C@@H]2SCC(=O)Nc3c2c(C)nn3-c2ncccn2)cc1. The molecule has 3 aromatic rings. The van der Waals surface area contributed by atoms with Crippen LogP contribution in [0.25, 0.3) is 5.95 Å². The van der Waals surface area contributed by atoms with Crippen LogP contribution in [0.1, 0.15) is 22.1 Å². The maximum absolute atomic E-state index is 12.3. The molecule has 2 aromatic heterocycles. The first-order chi connectivity index (χ1) is 12.7. The second-order valence-corrected chi connectivity index (χ2v) is 7.79. The lowest BCUT2D eigenvalue weighted by Crippen LogP contribution is -2.16. The molecular weight excluding hydrogens is 366 g/mol. The Bertz CT molecular complexity index is 940. The number of aromatic nitrogens is 4. The lowest BCUT2D eigenvalue weighted by atomic mass is 10.0. The van der Waals surface area contributed by atoms with Crippen molar-refractivity contribution in [3.63, 3.8) is 0 Å². The molecule has 8 heteroatoms. The minimum absolute atomic E-state index is 0.0253. The van der Waals surface area contributed by atoms with Crippen LogP contribution in [-0.2, 0) is 4.79 Å². The number of aryl methyl sites for hydroxylation is 1. The predicted molar refractivity (Wildman–Crippen MR) is 105 cm³/mol. The maximum Gasteiger partial charge on any atom is 0.252 e. The summed E-state index contributed by atoms with van der Waals surface area (Å²) in [4.78, 5) is 22.1. The molecule has 0 fully saturated rings. The number of hydrogen-bond donors (Lipinski definition) is 1. The fraction of sp³-hybridized carbons (Fsp3) is 0.222. The molecule has 0 saturated carbocycles. The first kappa shape index (κ1) is 17.1. The average Bonchev–Trinajstić information content (AvgIpc) is 2.88. The molecule has 4 rings (SSSR count). The van der Waals surface area contributed by atoms with Crippen LogP contribution in [0.2, 0.25) is 0 Å². The van der Waals surface area contributed by atoms with Gasteiger partial charge in [-0.3, -0.25) is 4.79 Å². The highest BCUT2D eigenvalue weighted by atomic mass is 32.2. The lowest BCUT2D eigenvalue weighted by Gasteiger charge is -2.15.